The van der Waals surface area contributed by atoms with Crippen molar-refractivity contribution in [3.05, 3.63) is 71.2 Å². The topological polar surface area (TPSA) is 89.8 Å². The lowest BCUT2D eigenvalue weighted by molar-refractivity contribution is 0.0993. The molecule has 3 aromatic rings. The van der Waals surface area contributed by atoms with Crippen molar-refractivity contribution in [1.29, 1.82) is 0 Å². The first-order valence-corrected chi connectivity index (χ1v) is 10.1. The maximum absolute atomic E-state index is 12.9. The smallest absolute Gasteiger partial charge is 0.291 e. The van der Waals surface area contributed by atoms with Gasteiger partial charge in [-0.3, -0.25) is 9.59 Å². The number of carbonyl (C=O) groups excluding carboxylic acids is 2. The zero-order chi connectivity index (χ0) is 22.4. The summed E-state index contributed by atoms with van der Waals surface area (Å²) >= 11 is 0. The number of nitrogens with one attached hydrogen (secondary N) is 2. The Labute approximate surface area is 181 Å². The van der Waals surface area contributed by atoms with Gasteiger partial charge in [-0.05, 0) is 52.0 Å². The molecule has 2 N–H and O–H groups in total. The zero-order valence-electron chi connectivity index (χ0n) is 18.1. The Kier molecular flexibility index (Phi) is 6.97. The van der Waals surface area contributed by atoms with Gasteiger partial charge in [0.1, 0.15) is 11.5 Å². The van der Waals surface area contributed by atoms with E-state index in [1.807, 2.05) is 45.9 Å². The Morgan fingerprint density at radius 2 is 1.39 bits per heavy atom. The van der Waals surface area contributed by atoms with Crippen molar-refractivity contribution >= 4 is 23.2 Å². The fraction of sp³-hybridized carbons (Fsp3) is 0.250. The third kappa shape index (κ3) is 5.45. The highest BCUT2D eigenvalue weighted by Crippen LogP contribution is 2.37. The van der Waals surface area contributed by atoms with Gasteiger partial charge in [-0.1, -0.05) is 17.2 Å². The summed E-state index contributed by atoms with van der Waals surface area (Å²) < 4.78 is 16.6. The molecule has 0 saturated heterocycles. The molecule has 7 heteroatoms. The number of benzene rings is 2. The normalized spacial score (nSPS) is 10.5. The average Bonchev–Trinajstić information content (AvgIpc) is 3.25. The van der Waals surface area contributed by atoms with Gasteiger partial charge in [-0.2, -0.15) is 0 Å². The Balaban J connectivity index is 1.94. The van der Waals surface area contributed by atoms with Gasteiger partial charge in [0.25, 0.3) is 11.8 Å². The van der Waals surface area contributed by atoms with E-state index in [4.69, 9.17) is 13.9 Å². The minimum atomic E-state index is -0.416. The van der Waals surface area contributed by atoms with Crippen LogP contribution in [0.5, 0.6) is 11.5 Å². The van der Waals surface area contributed by atoms with E-state index in [1.54, 1.807) is 24.3 Å². The molecule has 0 saturated carbocycles. The van der Waals surface area contributed by atoms with Crippen LogP contribution < -0.4 is 20.1 Å². The summed E-state index contributed by atoms with van der Waals surface area (Å²) in [5.41, 5.74) is 3.41. The molecule has 0 bridgehead atoms. The summed E-state index contributed by atoms with van der Waals surface area (Å²) in [5, 5.41) is 5.67. The molecule has 31 heavy (non-hydrogen) atoms. The molecule has 0 atom stereocenters. The minimum absolute atomic E-state index is 0.174. The second kappa shape index (κ2) is 9.84. The molecular formula is C24H26N2O5. The molecule has 1 aromatic heterocycles. The van der Waals surface area contributed by atoms with Crippen LogP contribution in [0.15, 0.2) is 53.1 Å². The van der Waals surface area contributed by atoms with E-state index in [9.17, 15) is 9.59 Å². The molecule has 0 fully saturated rings. The third-order valence-electron chi connectivity index (χ3n) is 4.41. The van der Waals surface area contributed by atoms with Crippen LogP contribution >= 0.6 is 0 Å². The number of rotatable bonds is 8. The summed E-state index contributed by atoms with van der Waals surface area (Å²) in [6.45, 7) is 8.32. The maximum atomic E-state index is 12.9. The Morgan fingerprint density at radius 3 is 1.87 bits per heavy atom. The van der Waals surface area contributed by atoms with Crippen molar-refractivity contribution < 1.29 is 23.5 Å². The third-order valence-corrected chi connectivity index (χ3v) is 4.41. The van der Waals surface area contributed by atoms with Crippen LogP contribution in [0.1, 0.15) is 45.9 Å². The molecule has 1 heterocycles. The summed E-state index contributed by atoms with van der Waals surface area (Å²) in [4.78, 5) is 25.3. The summed E-state index contributed by atoms with van der Waals surface area (Å²) in [7, 11) is 0. The summed E-state index contributed by atoms with van der Waals surface area (Å²) in [5.74, 6) is 0.315. The highest BCUT2D eigenvalue weighted by atomic mass is 16.5. The molecule has 2 aromatic carbocycles. The van der Waals surface area contributed by atoms with Gasteiger partial charge >= 0.3 is 0 Å². The molecule has 3 rings (SSSR count). The fourth-order valence-corrected chi connectivity index (χ4v) is 3.20. The van der Waals surface area contributed by atoms with Crippen molar-refractivity contribution in [1.82, 2.24) is 0 Å². The van der Waals surface area contributed by atoms with E-state index in [0.717, 1.165) is 11.1 Å². The first-order chi connectivity index (χ1) is 14.9. The van der Waals surface area contributed by atoms with Crippen LogP contribution in [0, 0.1) is 13.8 Å². The van der Waals surface area contributed by atoms with E-state index in [2.05, 4.69) is 10.6 Å². The van der Waals surface area contributed by atoms with Crippen molar-refractivity contribution in [3.8, 4) is 11.5 Å². The van der Waals surface area contributed by atoms with E-state index in [-0.39, 0.29) is 11.7 Å². The largest absolute Gasteiger partial charge is 0.492 e. The lowest BCUT2D eigenvalue weighted by atomic mass is 10.1. The highest BCUT2D eigenvalue weighted by molar-refractivity contribution is 6.07. The predicted molar refractivity (Wildman–Crippen MR) is 119 cm³/mol. The SMILES string of the molecule is CCOc1cc(NC(=O)c2ccco2)c(OCC)cc1NC(=O)c1cc(C)cc(C)c1. The van der Waals surface area contributed by atoms with Crippen molar-refractivity contribution in [3.63, 3.8) is 0 Å². The molecule has 0 aliphatic rings. The lowest BCUT2D eigenvalue weighted by Crippen LogP contribution is -2.15. The lowest BCUT2D eigenvalue weighted by Gasteiger charge is -2.17. The first kappa shape index (κ1) is 22.0. The molecule has 7 nitrogen and oxygen atoms in total. The van der Waals surface area contributed by atoms with Crippen molar-refractivity contribution in [2.24, 2.45) is 0 Å². The Bertz CT molecular complexity index is 1050. The van der Waals surface area contributed by atoms with Gasteiger partial charge in [0.05, 0.1) is 30.9 Å². The molecule has 0 aliphatic heterocycles. The maximum Gasteiger partial charge on any atom is 0.291 e. The Hall–Kier alpha value is -3.74. The predicted octanol–water partition coefficient (Wildman–Crippen LogP) is 5.20. The second-order valence-electron chi connectivity index (χ2n) is 6.97. The van der Waals surface area contributed by atoms with Crippen LogP contribution in [-0.2, 0) is 0 Å². The number of ether oxygens (including phenoxy) is 2. The number of anilines is 2. The average molecular weight is 422 g/mol. The zero-order valence-corrected chi connectivity index (χ0v) is 18.1. The minimum Gasteiger partial charge on any atom is -0.492 e. The van der Waals surface area contributed by atoms with Gasteiger partial charge in [0.2, 0.25) is 0 Å². The van der Waals surface area contributed by atoms with Crippen LogP contribution in [0.4, 0.5) is 11.4 Å². The number of furan rings is 1. The molecule has 0 aliphatic carbocycles. The number of carbonyl (C=O) groups is 2. The summed E-state index contributed by atoms with van der Waals surface area (Å²) in [6, 6.07) is 12.1. The molecule has 0 unspecified atom stereocenters. The number of aryl methyl sites for hydroxylation is 2. The molecule has 2 amide bonds. The second-order valence-corrected chi connectivity index (χ2v) is 6.97. The molecule has 162 valence electrons. The summed E-state index contributed by atoms with van der Waals surface area (Å²) in [6.07, 6.45) is 1.43. The monoisotopic (exact) mass is 422 g/mol. The van der Waals surface area contributed by atoms with Gasteiger partial charge in [-0.15, -0.1) is 0 Å². The van der Waals surface area contributed by atoms with Crippen molar-refractivity contribution in [2.45, 2.75) is 27.7 Å². The van der Waals surface area contributed by atoms with Crippen LogP contribution in [0.25, 0.3) is 0 Å². The number of hydrogen-bond donors (Lipinski definition) is 2. The van der Waals surface area contributed by atoms with E-state index in [0.29, 0.717) is 41.7 Å². The standard InChI is InChI=1S/C24H26N2O5/c1-5-29-21-14-19(26-24(28)20-8-7-9-31-20)22(30-6-2)13-18(21)25-23(27)17-11-15(3)10-16(4)12-17/h7-14H,5-6H2,1-4H3,(H,25,27)(H,26,28). The quantitative estimate of drug-likeness (QED) is 0.521. The van der Waals surface area contributed by atoms with Crippen molar-refractivity contribution in [2.75, 3.05) is 23.8 Å². The van der Waals surface area contributed by atoms with Crippen LogP contribution in [-0.4, -0.2) is 25.0 Å². The fourth-order valence-electron chi connectivity index (χ4n) is 3.20. The number of hydrogen-bond acceptors (Lipinski definition) is 5. The van der Waals surface area contributed by atoms with Gasteiger partial charge in [0, 0.05) is 17.7 Å². The van der Waals surface area contributed by atoms with Crippen LogP contribution in [0.3, 0.4) is 0 Å². The van der Waals surface area contributed by atoms with E-state index >= 15 is 0 Å². The Morgan fingerprint density at radius 1 is 0.839 bits per heavy atom. The molecule has 0 radical (unpaired) electrons. The molecular weight excluding hydrogens is 396 g/mol. The highest BCUT2D eigenvalue weighted by Gasteiger charge is 2.18. The van der Waals surface area contributed by atoms with Gasteiger partial charge in [-0.25, -0.2) is 0 Å². The van der Waals surface area contributed by atoms with Crippen LogP contribution in [0.2, 0.25) is 0 Å². The van der Waals surface area contributed by atoms with Gasteiger partial charge in [0.15, 0.2) is 5.76 Å². The van der Waals surface area contributed by atoms with E-state index in [1.165, 1.54) is 6.26 Å². The molecule has 0 spiro atoms. The van der Waals surface area contributed by atoms with E-state index < -0.39 is 5.91 Å². The van der Waals surface area contributed by atoms with Gasteiger partial charge < -0.3 is 24.5 Å². The number of amides is 2. The first-order valence-electron chi connectivity index (χ1n) is 10.1.